The highest BCUT2D eigenvalue weighted by atomic mass is 32.2. The van der Waals surface area contributed by atoms with Crippen molar-refractivity contribution >= 4 is 22.9 Å². The van der Waals surface area contributed by atoms with Crippen LogP contribution in [-0.4, -0.2) is 36.7 Å². The molecular weight excluding hydrogens is 418 g/mol. The number of carbonyl (C=O) groups excluding carboxylic acids is 1. The molecule has 1 unspecified atom stereocenters. The Kier molecular flexibility index (Phi) is 6.04. The zero-order valence-corrected chi connectivity index (χ0v) is 17.8. The summed E-state index contributed by atoms with van der Waals surface area (Å²) in [7, 11) is 3.45. The van der Waals surface area contributed by atoms with Crippen molar-refractivity contribution in [3.8, 4) is 11.1 Å². The van der Waals surface area contributed by atoms with Gasteiger partial charge in [0.2, 0.25) is 5.90 Å². The van der Waals surface area contributed by atoms with E-state index in [-0.39, 0.29) is 29.3 Å². The second-order valence-corrected chi connectivity index (χ2v) is 8.29. The number of ether oxygens (including phenoxy) is 1. The molecule has 4 nitrogen and oxygen atoms in total. The standard InChI is InChI=1S/C24H20F2N2O2S/c1-28(2)24(29)31-18-12-10-16(11-13-18)15-6-8-17(9-7-15)21-14-30-23(27-21)22-19(25)4-3-5-20(22)26/h3-13,21H,14H2,1-2H3. The predicted octanol–water partition coefficient (Wildman–Crippen LogP) is 5.92. The van der Waals surface area contributed by atoms with Gasteiger partial charge >= 0.3 is 0 Å². The van der Waals surface area contributed by atoms with Crippen molar-refractivity contribution in [2.45, 2.75) is 10.9 Å². The summed E-state index contributed by atoms with van der Waals surface area (Å²) >= 11 is 1.18. The average Bonchev–Trinajstić information content (AvgIpc) is 3.24. The maximum Gasteiger partial charge on any atom is 0.285 e. The van der Waals surface area contributed by atoms with E-state index in [9.17, 15) is 13.6 Å². The van der Waals surface area contributed by atoms with Gasteiger partial charge in [0.05, 0.1) is 0 Å². The van der Waals surface area contributed by atoms with Crippen LogP contribution in [-0.2, 0) is 4.74 Å². The Balaban J connectivity index is 1.49. The highest BCUT2D eigenvalue weighted by molar-refractivity contribution is 8.13. The van der Waals surface area contributed by atoms with Crippen LogP contribution in [0.15, 0.2) is 76.6 Å². The fraction of sp³-hybridized carbons (Fsp3) is 0.167. The van der Waals surface area contributed by atoms with Gasteiger partial charge in [0.1, 0.15) is 29.8 Å². The van der Waals surface area contributed by atoms with Gasteiger partial charge in [-0.1, -0.05) is 42.5 Å². The summed E-state index contributed by atoms with van der Waals surface area (Å²) in [6.45, 7) is 0.230. The van der Waals surface area contributed by atoms with Crippen LogP contribution in [0.3, 0.4) is 0 Å². The third-order valence-electron chi connectivity index (χ3n) is 4.88. The average molecular weight is 438 g/mol. The summed E-state index contributed by atoms with van der Waals surface area (Å²) in [5.41, 5.74) is 2.71. The molecule has 0 saturated carbocycles. The number of halogens is 2. The predicted molar refractivity (Wildman–Crippen MR) is 118 cm³/mol. The van der Waals surface area contributed by atoms with Crippen LogP contribution in [0.25, 0.3) is 11.1 Å². The molecule has 0 fully saturated rings. The Morgan fingerprint density at radius 3 is 2.13 bits per heavy atom. The van der Waals surface area contributed by atoms with Crippen LogP contribution in [0.2, 0.25) is 0 Å². The maximum absolute atomic E-state index is 14.0. The Hall–Kier alpha value is -3.19. The van der Waals surface area contributed by atoms with E-state index in [2.05, 4.69) is 4.99 Å². The maximum atomic E-state index is 14.0. The van der Waals surface area contributed by atoms with Gasteiger partial charge in [0, 0.05) is 19.0 Å². The number of hydrogen-bond acceptors (Lipinski definition) is 4. The van der Waals surface area contributed by atoms with E-state index in [1.54, 1.807) is 19.0 Å². The second kappa shape index (κ2) is 8.89. The normalized spacial score (nSPS) is 15.4. The lowest BCUT2D eigenvalue weighted by Gasteiger charge is -2.10. The highest BCUT2D eigenvalue weighted by Gasteiger charge is 2.26. The van der Waals surface area contributed by atoms with Gasteiger partial charge in [-0.25, -0.2) is 13.8 Å². The number of aliphatic imine (C=N–C) groups is 1. The summed E-state index contributed by atoms with van der Waals surface area (Å²) in [6, 6.07) is 19.0. The van der Waals surface area contributed by atoms with Crippen LogP contribution < -0.4 is 0 Å². The van der Waals surface area contributed by atoms with E-state index in [4.69, 9.17) is 4.74 Å². The van der Waals surface area contributed by atoms with Gasteiger partial charge in [-0.15, -0.1) is 0 Å². The minimum absolute atomic E-state index is 0.00923. The molecule has 0 spiro atoms. The van der Waals surface area contributed by atoms with Crippen molar-refractivity contribution in [2.24, 2.45) is 4.99 Å². The minimum Gasteiger partial charge on any atom is -0.475 e. The zero-order valence-electron chi connectivity index (χ0n) is 17.0. The summed E-state index contributed by atoms with van der Waals surface area (Å²) in [4.78, 5) is 18.6. The third kappa shape index (κ3) is 4.61. The number of rotatable bonds is 4. The third-order valence-corrected chi connectivity index (χ3v) is 5.93. The van der Waals surface area contributed by atoms with Crippen LogP contribution >= 0.6 is 11.8 Å². The summed E-state index contributed by atoms with van der Waals surface area (Å²) in [5.74, 6) is -1.39. The summed E-state index contributed by atoms with van der Waals surface area (Å²) < 4.78 is 33.5. The molecule has 1 aliphatic heterocycles. The molecule has 0 saturated heterocycles. The molecule has 0 bridgehead atoms. The smallest absolute Gasteiger partial charge is 0.285 e. The Bertz CT molecular complexity index is 1110. The lowest BCUT2D eigenvalue weighted by molar-refractivity contribution is 0.241. The summed E-state index contributed by atoms with van der Waals surface area (Å²) in [5, 5.41) is -0.0222. The van der Waals surface area contributed by atoms with Crippen molar-refractivity contribution in [2.75, 3.05) is 20.7 Å². The lowest BCUT2D eigenvalue weighted by Crippen LogP contribution is -2.15. The molecule has 7 heteroatoms. The molecule has 3 aromatic carbocycles. The van der Waals surface area contributed by atoms with E-state index >= 15 is 0 Å². The number of amides is 1. The van der Waals surface area contributed by atoms with Crippen LogP contribution in [0, 0.1) is 11.6 Å². The molecule has 0 radical (unpaired) electrons. The zero-order chi connectivity index (χ0) is 22.0. The molecule has 0 N–H and O–H groups in total. The van der Waals surface area contributed by atoms with Crippen molar-refractivity contribution in [1.29, 1.82) is 0 Å². The first kappa shape index (κ1) is 21.1. The number of carbonyl (C=O) groups is 1. The lowest BCUT2D eigenvalue weighted by atomic mass is 10.0. The fourth-order valence-corrected chi connectivity index (χ4v) is 3.85. The fourth-order valence-electron chi connectivity index (χ4n) is 3.19. The SMILES string of the molecule is CN(C)C(=O)Sc1ccc(-c2ccc(C3COC(c4c(F)cccc4F)=N3)cc2)cc1. The van der Waals surface area contributed by atoms with E-state index in [0.717, 1.165) is 21.6 Å². The number of benzene rings is 3. The van der Waals surface area contributed by atoms with E-state index in [1.807, 2.05) is 48.5 Å². The van der Waals surface area contributed by atoms with E-state index in [0.29, 0.717) is 0 Å². The van der Waals surface area contributed by atoms with E-state index in [1.165, 1.54) is 30.0 Å². The number of nitrogens with zero attached hydrogens (tertiary/aromatic N) is 2. The molecule has 4 rings (SSSR count). The molecule has 1 atom stereocenters. The van der Waals surface area contributed by atoms with Crippen molar-refractivity contribution in [1.82, 2.24) is 4.90 Å². The first-order valence-corrected chi connectivity index (χ1v) is 10.5. The van der Waals surface area contributed by atoms with Gasteiger partial charge in [-0.05, 0) is 52.7 Å². The van der Waals surface area contributed by atoms with Crippen LogP contribution in [0.1, 0.15) is 17.2 Å². The molecule has 31 heavy (non-hydrogen) atoms. The highest BCUT2D eigenvalue weighted by Crippen LogP contribution is 2.30. The Labute approximate surface area is 183 Å². The van der Waals surface area contributed by atoms with E-state index < -0.39 is 11.6 Å². The summed E-state index contributed by atoms with van der Waals surface area (Å²) in [6.07, 6.45) is 0. The topological polar surface area (TPSA) is 41.9 Å². The number of hydrogen-bond donors (Lipinski definition) is 0. The van der Waals surface area contributed by atoms with Gasteiger partial charge < -0.3 is 9.64 Å². The number of thioether (sulfide) groups is 1. The van der Waals surface area contributed by atoms with Gasteiger partial charge in [-0.3, -0.25) is 4.79 Å². The Morgan fingerprint density at radius 1 is 0.968 bits per heavy atom. The van der Waals surface area contributed by atoms with Gasteiger partial charge in [0.25, 0.3) is 5.24 Å². The molecule has 1 amide bonds. The van der Waals surface area contributed by atoms with Crippen molar-refractivity contribution in [3.05, 3.63) is 89.5 Å². The minimum atomic E-state index is -0.691. The molecular formula is C24H20F2N2O2S. The molecule has 0 aromatic heterocycles. The molecule has 1 aliphatic rings. The van der Waals surface area contributed by atoms with Crippen molar-refractivity contribution in [3.63, 3.8) is 0 Å². The molecule has 3 aromatic rings. The quantitative estimate of drug-likeness (QED) is 0.475. The molecule has 1 heterocycles. The van der Waals surface area contributed by atoms with Crippen LogP contribution in [0.4, 0.5) is 13.6 Å². The second-order valence-electron chi connectivity index (χ2n) is 7.27. The monoisotopic (exact) mass is 438 g/mol. The molecule has 0 aliphatic carbocycles. The first-order chi connectivity index (χ1) is 14.9. The largest absolute Gasteiger partial charge is 0.475 e. The molecule has 158 valence electrons. The van der Waals surface area contributed by atoms with Crippen molar-refractivity contribution < 1.29 is 18.3 Å². The van der Waals surface area contributed by atoms with Gasteiger partial charge in [0.15, 0.2) is 0 Å². The Morgan fingerprint density at radius 2 is 1.55 bits per heavy atom. The van der Waals surface area contributed by atoms with Crippen LogP contribution in [0.5, 0.6) is 0 Å². The first-order valence-electron chi connectivity index (χ1n) is 9.67. The van der Waals surface area contributed by atoms with Gasteiger partial charge in [-0.2, -0.15) is 0 Å².